The molecule has 1 aliphatic heterocycles. The van der Waals surface area contributed by atoms with E-state index in [-0.39, 0.29) is 5.75 Å². The Hall–Kier alpha value is -2.94. The number of carbonyl (C=O) groups excluding carboxylic acids is 3. The predicted octanol–water partition coefficient (Wildman–Crippen LogP) is 1.46. The molecular weight excluding hydrogens is 354 g/mol. The standard InChI is InChI=1S/C17H17N5O3S/c1-2-17(12-7-4-3-5-8-12)14(24)22(16(25)20-17)21-13(23)11-26-15-18-9-6-10-19-15/h3-10H,2,11H2,1H3,(H,20,25)(H,21,23)/t17-/m1/s1. The number of thioether (sulfide) groups is 1. The van der Waals surface area contributed by atoms with Crippen LogP contribution >= 0.6 is 11.8 Å². The van der Waals surface area contributed by atoms with Crippen LogP contribution in [0.25, 0.3) is 0 Å². The summed E-state index contributed by atoms with van der Waals surface area (Å²) in [5.41, 5.74) is 1.86. The Balaban J connectivity index is 1.70. The van der Waals surface area contributed by atoms with Crippen molar-refractivity contribution in [3.05, 3.63) is 54.4 Å². The number of nitrogens with zero attached hydrogens (tertiary/aromatic N) is 3. The number of urea groups is 1. The van der Waals surface area contributed by atoms with Gasteiger partial charge in [0.1, 0.15) is 5.54 Å². The number of amides is 4. The van der Waals surface area contributed by atoms with E-state index < -0.39 is 23.4 Å². The predicted molar refractivity (Wildman–Crippen MR) is 94.7 cm³/mol. The van der Waals surface area contributed by atoms with Crippen LogP contribution in [0.2, 0.25) is 0 Å². The van der Waals surface area contributed by atoms with E-state index >= 15 is 0 Å². The highest BCUT2D eigenvalue weighted by atomic mass is 32.2. The van der Waals surface area contributed by atoms with Crippen molar-refractivity contribution in [1.82, 2.24) is 25.7 Å². The molecule has 1 fully saturated rings. The summed E-state index contributed by atoms with van der Waals surface area (Å²) in [6.45, 7) is 1.80. The van der Waals surface area contributed by atoms with Gasteiger partial charge < -0.3 is 5.32 Å². The molecule has 0 unspecified atom stereocenters. The third-order valence-corrected chi connectivity index (χ3v) is 4.88. The monoisotopic (exact) mass is 371 g/mol. The van der Waals surface area contributed by atoms with Crippen LogP contribution in [0.1, 0.15) is 18.9 Å². The lowest BCUT2D eigenvalue weighted by atomic mass is 9.87. The van der Waals surface area contributed by atoms with Crippen LogP contribution in [0.3, 0.4) is 0 Å². The molecule has 4 amide bonds. The maximum absolute atomic E-state index is 12.9. The molecule has 8 nitrogen and oxygen atoms in total. The zero-order valence-electron chi connectivity index (χ0n) is 14.0. The number of rotatable bonds is 6. The molecule has 0 aliphatic carbocycles. The molecule has 9 heteroatoms. The Kier molecular flexibility index (Phi) is 5.17. The number of hydrogen-bond donors (Lipinski definition) is 2. The fourth-order valence-corrected chi connectivity index (χ4v) is 3.28. The number of carbonyl (C=O) groups is 3. The maximum atomic E-state index is 12.9. The highest BCUT2D eigenvalue weighted by molar-refractivity contribution is 7.99. The Morgan fingerprint density at radius 3 is 2.54 bits per heavy atom. The molecule has 0 spiro atoms. The SMILES string of the molecule is CC[C@]1(c2ccccc2)NC(=O)N(NC(=O)CSc2ncccn2)C1=O. The Labute approximate surface area is 154 Å². The molecule has 0 saturated carbocycles. The molecule has 1 aromatic heterocycles. The van der Waals surface area contributed by atoms with Gasteiger partial charge in [-0.25, -0.2) is 14.8 Å². The third kappa shape index (κ3) is 3.38. The molecule has 1 aromatic carbocycles. The smallest absolute Gasteiger partial charge is 0.318 e. The zero-order valence-corrected chi connectivity index (χ0v) is 14.8. The molecule has 3 rings (SSSR count). The lowest BCUT2D eigenvalue weighted by Gasteiger charge is -2.25. The maximum Gasteiger partial charge on any atom is 0.344 e. The summed E-state index contributed by atoms with van der Waals surface area (Å²) >= 11 is 1.11. The minimum Gasteiger partial charge on any atom is -0.318 e. The Morgan fingerprint density at radius 2 is 1.88 bits per heavy atom. The van der Waals surface area contributed by atoms with Gasteiger partial charge in [-0.1, -0.05) is 49.0 Å². The van der Waals surface area contributed by atoms with Gasteiger partial charge in [0.25, 0.3) is 5.91 Å². The van der Waals surface area contributed by atoms with Crippen molar-refractivity contribution in [2.45, 2.75) is 24.0 Å². The number of hydrogen-bond acceptors (Lipinski definition) is 6. The van der Waals surface area contributed by atoms with E-state index in [9.17, 15) is 14.4 Å². The van der Waals surface area contributed by atoms with Crippen LogP contribution in [0.4, 0.5) is 4.79 Å². The van der Waals surface area contributed by atoms with E-state index in [1.807, 2.05) is 6.07 Å². The van der Waals surface area contributed by atoms with Gasteiger partial charge in [0.05, 0.1) is 5.75 Å². The molecule has 1 aliphatic rings. The van der Waals surface area contributed by atoms with E-state index in [0.717, 1.165) is 16.8 Å². The van der Waals surface area contributed by atoms with Crippen LogP contribution < -0.4 is 10.7 Å². The molecule has 2 aromatic rings. The second kappa shape index (κ2) is 7.52. The highest BCUT2D eigenvalue weighted by Gasteiger charge is 2.52. The summed E-state index contributed by atoms with van der Waals surface area (Å²) in [6, 6.07) is 9.98. The summed E-state index contributed by atoms with van der Waals surface area (Å²) < 4.78 is 0. The minimum absolute atomic E-state index is 0.0223. The first-order chi connectivity index (χ1) is 12.6. The van der Waals surface area contributed by atoms with Crippen molar-refractivity contribution in [3.63, 3.8) is 0 Å². The van der Waals surface area contributed by atoms with Crippen molar-refractivity contribution >= 4 is 29.6 Å². The van der Waals surface area contributed by atoms with Gasteiger partial charge in [-0.2, -0.15) is 5.01 Å². The number of imide groups is 1. The Bertz CT molecular complexity index is 818. The highest BCUT2D eigenvalue weighted by Crippen LogP contribution is 2.31. The van der Waals surface area contributed by atoms with Crippen LogP contribution in [0.5, 0.6) is 0 Å². The van der Waals surface area contributed by atoms with Crippen molar-refractivity contribution in [3.8, 4) is 0 Å². The number of nitrogens with one attached hydrogen (secondary N) is 2. The fraction of sp³-hybridized carbons (Fsp3) is 0.235. The molecule has 1 atom stereocenters. The van der Waals surface area contributed by atoms with Crippen molar-refractivity contribution in [1.29, 1.82) is 0 Å². The first-order valence-corrected chi connectivity index (χ1v) is 8.97. The minimum atomic E-state index is -1.18. The molecular formula is C17H17N5O3S. The van der Waals surface area contributed by atoms with Gasteiger partial charge in [-0.15, -0.1) is 0 Å². The van der Waals surface area contributed by atoms with Gasteiger partial charge in [-0.05, 0) is 18.1 Å². The van der Waals surface area contributed by atoms with E-state index in [4.69, 9.17) is 0 Å². The van der Waals surface area contributed by atoms with E-state index in [2.05, 4.69) is 20.7 Å². The first-order valence-electron chi connectivity index (χ1n) is 7.98. The molecule has 1 saturated heterocycles. The summed E-state index contributed by atoms with van der Waals surface area (Å²) in [6.07, 6.45) is 3.50. The van der Waals surface area contributed by atoms with Crippen molar-refractivity contribution in [2.75, 3.05) is 5.75 Å². The molecule has 134 valence electrons. The molecule has 26 heavy (non-hydrogen) atoms. The van der Waals surface area contributed by atoms with E-state index in [1.165, 1.54) is 0 Å². The summed E-state index contributed by atoms with van der Waals surface area (Å²) in [7, 11) is 0. The molecule has 2 N–H and O–H groups in total. The third-order valence-electron chi connectivity index (χ3n) is 4.00. The summed E-state index contributed by atoms with van der Waals surface area (Å²) in [5, 5.41) is 3.88. The van der Waals surface area contributed by atoms with Gasteiger partial charge in [0.2, 0.25) is 5.91 Å². The van der Waals surface area contributed by atoms with E-state index in [0.29, 0.717) is 17.1 Å². The summed E-state index contributed by atoms with van der Waals surface area (Å²) in [4.78, 5) is 45.3. The zero-order chi connectivity index (χ0) is 18.6. The average Bonchev–Trinajstić information content (AvgIpc) is 2.93. The summed E-state index contributed by atoms with van der Waals surface area (Å²) in [5.74, 6) is -1.03. The van der Waals surface area contributed by atoms with Crippen LogP contribution in [0, 0.1) is 0 Å². The molecule has 0 bridgehead atoms. The normalized spacial score (nSPS) is 19.3. The Morgan fingerprint density at radius 1 is 1.19 bits per heavy atom. The van der Waals surface area contributed by atoms with Gasteiger partial charge in [0, 0.05) is 12.4 Å². The van der Waals surface area contributed by atoms with E-state index in [1.54, 1.807) is 49.6 Å². The van der Waals surface area contributed by atoms with Crippen LogP contribution in [0.15, 0.2) is 53.9 Å². The van der Waals surface area contributed by atoms with Crippen LogP contribution in [-0.4, -0.2) is 38.6 Å². The number of benzene rings is 1. The van der Waals surface area contributed by atoms with Crippen molar-refractivity contribution in [2.24, 2.45) is 0 Å². The quantitative estimate of drug-likeness (QED) is 0.453. The average molecular weight is 371 g/mol. The lowest BCUT2D eigenvalue weighted by molar-refractivity contribution is -0.138. The molecule has 2 heterocycles. The largest absolute Gasteiger partial charge is 0.344 e. The van der Waals surface area contributed by atoms with Crippen molar-refractivity contribution < 1.29 is 14.4 Å². The number of aromatic nitrogens is 2. The van der Waals surface area contributed by atoms with Gasteiger partial charge in [0.15, 0.2) is 5.16 Å². The second-order valence-corrected chi connectivity index (χ2v) is 6.49. The molecule has 0 radical (unpaired) electrons. The first kappa shape index (κ1) is 17.9. The van der Waals surface area contributed by atoms with Gasteiger partial charge in [-0.3, -0.25) is 15.0 Å². The lowest BCUT2D eigenvalue weighted by Crippen LogP contribution is -2.49. The fourth-order valence-electron chi connectivity index (χ4n) is 2.69. The topological polar surface area (TPSA) is 104 Å². The van der Waals surface area contributed by atoms with Crippen LogP contribution in [-0.2, 0) is 15.1 Å². The van der Waals surface area contributed by atoms with Gasteiger partial charge >= 0.3 is 6.03 Å². The second-order valence-electron chi connectivity index (χ2n) is 5.55. The number of hydrazine groups is 1.